The van der Waals surface area contributed by atoms with Crippen molar-refractivity contribution >= 4 is 22.8 Å². The van der Waals surface area contributed by atoms with Crippen molar-refractivity contribution in [3.05, 3.63) is 45.1 Å². The standard InChI is InChI=1S/C17H19N5O4/c1-3-26-12-6-4-10(5-7-12)21-8-11(23)9-22-13-14(18-16(21)22)20(2)17(25)19-15(13)24/h4-7,11,23H,3,8-9H2,1-2H3,(H,19,24,25). The molecule has 2 aromatic heterocycles. The molecule has 1 aromatic carbocycles. The van der Waals surface area contributed by atoms with E-state index in [0.29, 0.717) is 24.7 Å². The van der Waals surface area contributed by atoms with Crippen LogP contribution in [0, 0.1) is 0 Å². The Kier molecular flexibility index (Phi) is 3.80. The molecule has 1 unspecified atom stereocenters. The van der Waals surface area contributed by atoms with Gasteiger partial charge >= 0.3 is 5.69 Å². The van der Waals surface area contributed by atoms with Crippen LogP contribution in [0.5, 0.6) is 5.75 Å². The van der Waals surface area contributed by atoms with Crippen LogP contribution in [-0.4, -0.2) is 43.5 Å². The summed E-state index contributed by atoms with van der Waals surface area (Å²) in [4.78, 5) is 32.8. The Morgan fingerprint density at radius 2 is 2.00 bits per heavy atom. The monoisotopic (exact) mass is 357 g/mol. The second kappa shape index (κ2) is 6.03. The highest BCUT2D eigenvalue weighted by atomic mass is 16.5. The Morgan fingerprint density at radius 1 is 1.27 bits per heavy atom. The van der Waals surface area contributed by atoms with E-state index in [1.54, 1.807) is 11.6 Å². The number of imidazole rings is 1. The third-order valence-corrected chi connectivity index (χ3v) is 4.47. The Hall–Kier alpha value is -3.07. The van der Waals surface area contributed by atoms with Crippen molar-refractivity contribution < 1.29 is 9.84 Å². The van der Waals surface area contributed by atoms with E-state index in [1.807, 2.05) is 36.1 Å². The van der Waals surface area contributed by atoms with Gasteiger partial charge in [-0.25, -0.2) is 4.79 Å². The summed E-state index contributed by atoms with van der Waals surface area (Å²) in [5, 5.41) is 10.3. The minimum Gasteiger partial charge on any atom is -0.494 e. The number of hydrogen-bond acceptors (Lipinski definition) is 6. The lowest BCUT2D eigenvalue weighted by molar-refractivity contribution is 0.154. The molecule has 0 fully saturated rings. The summed E-state index contributed by atoms with van der Waals surface area (Å²) in [6, 6.07) is 7.43. The molecule has 136 valence electrons. The predicted molar refractivity (Wildman–Crippen MR) is 96.2 cm³/mol. The smallest absolute Gasteiger partial charge is 0.329 e. The van der Waals surface area contributed by atoms with Crippen LogP contribution in [0.4, 0.5) is 11.6 Å². The number of fused-ring (bicyclic) bond motifs is 3. The molecular weight excluding hydrogens is 338 g/mol. The largest absolute Gasteiger partial charge is 0.494 e. The number of anilines is 2. The highest BCUT2D eigenvalue weighted by molar-refractivity contribution is 5.77. The zero-order valence-electron chi connectivity index (χ0n) is 14.5. The molecule has 26 heavy (non-hydrogen) atoms. The van der Waals surface area contributed by atoms with Crippen LogP contribution in [0.3, 0.4) is 0 Å². The fourth-order valence-electron chi connectivity index (χ4n) is 3.27. The maximum Gasteiger partial charge on any atom is 0.329 e. The Morgan fingerprint density at radius 3 is 2.69 bits per heavy atom. The number of rotatable bonds is 3. The number of ether oxygens (including phenoxy) is 1. The number of aliphatic hydroxyl groups excluding tert-OH is 1. The molecule has 0 bridgehead atoms. The Bertz CT molecular complexity index is 1080. The summed E-state index contributed by atoms with van der Waals surface area (Å²) >= 11 is 0. The number of aromatic amines is 1. The summed E-state index contributed by atoms with van der Waals surface area (Å²) in [7, 11) is 1.55. The van der Waals surface area contributed by atoms with E-state index in [-0.39, 0.29) is 12.1 Å². The van der Waals surface area contributed by atoms with Crippen LogP contribution in [-0.2, 0) is 13.6 Å². The highest BCUT2D eigenvalue weighted by Gasteiger charge is 2.29. The van der Waals surface area contributed by atoms with Crippen LogP contribution < -0.4 is 20.9 Å². The minimum atomic E-state index is -0.678. The summed E-state index contributed by atoms with van der Waals surface area (Å²) < 4.78 is 8.41. The SMILES string of the molecule is CCOc1ccc(N2CC(O)Cn3c2nc2c3c(=O)[nH]c(=O)n2C)cc1. The van der Waals surface area contributed by atoms with Gasteiger partial charge in [-0.15, -0.1) is 0 Å². The number of H-pyrrole nitrogens is 1. The number of β-amino-alcohol motifs (C(OH)–C–C–N with tert-alkyl or cyclic N) is 1. The molecule has 9 heteroatoms. The lowest BCUT2D eigenvalue weighted by atomic mass is 10.2. The first-order valence-corrected chi connectivity index (χ1v) is 8.37. The minimum absolute atomic E-state index is 0.237. The lowest BCUT2D eigenvalue weighted by Gasteiger charge is -2.32. The first kappa shape index (κ1) is 16.4. The van der Waals surface area contributed by atoms with Gasteiger partial charge < -0.3 is 19.3 Å². The van der Waals surface area contributed by atoms with Crippen LogP contribution in [0.1, 0.15) is 6.92 Å². The van der Waals surface area contributed by atoms with Crippen LogP contribution in [0.2, 0.25) is 0 Å². The number of benzene rings is 1. The Labute approximate surface area is 148 Å². The molecule has 2 N–H and O–H groups in total. The van der Waals surface area contributed by atoms with Crippen molar-refractivity contribution in [3.63, 3.8) is 0 Å². The molecule has 3 heterocycles. The van der Waals surface area contributed by atoms with Gasteiger partial charge in [0.05, 0.1) is 25.8 Å². The zero-order chi connectivity index (χ0) is 18.4. The van der Waals surface area contributed by atoms with E-state index in [0.717, 1.165) is 11.4 Å². The topological polar surface area (TPSA) is 105 Å². The second-order valence-corrected chi connectivity index (χ2v) is 6.20. The second-order valence-electron chi connectivity index (χ2n) is 6.20. The predicted octanol–water partition coefficient (Wildman–Crippen LogP) is 0.335. The molecule has 1 aliphatic heterocycles. The van der Waals surface area contributed by atoms with Gasteiger partial charge in [0.1, 0.15) is 5.75 Å². The van der Waals surface area contributed by atoms with Crippen LogP contribution >= 0.6 is 0 Å². The van der Waals surface area contributed by atoms with Gasteiger partial charge in [-0.3, -0.25) is 14.3 Å². The van der Waals surface area contributed by atoms with Crippen molar-refractivity contribution in [1.82, 2.24) is 19.1 Å². The molecular formula is C17H19N5O4. The van der Waals surface area contributed by atoms with Crippen molar-refractivity contribution in [1.29, 1.82) is 0 Å². The van der Waals surface area contributed by atoms with Crippen molar-refractivity contribution in [2.75, 3.05) is 18.1 Å². The van der Waals surface area contributed by atoms with E-state index < -0.39 is 17.4 Å². The van der Waals surface area contributed by atoms with E-state index in [1.165, 1.54) is 4.57 Å². The van der Waals surface area contributed by atoms with Crippen LogP contribution in [0.15, 0.2) is 33.9 Å². The Balaban J connectivity index is 1.89. The summed E-state index contributed by atoms with van der Waals surface area (Å²) in [6.07, 6.45) is -0.678. The fraction of sp³-hybridized carbons (Fsp3) is 0.353. The number of nitrogens with zero attached hydrogens (tertiary/aromatic N) is 4. The van der Waals surface area contributed by atoms with Crippen molar-refractivity contribution in [3.8, 4) is 5.75 Å². The summed E-state index contributed by atoms with van der Waals surface area (Å²) in [6.45, 7) is 3.07. The third-order valence-electron chi connectivity index (χ3n) is 4.47. The first-order valence-electron chi connectivity index (χ1n) is 8.37. The molecule has 0 spiro atoms. The maximum absolute atomic E-state index is 12.3. The number of aromatic nitrogens is 4. The molecule has 0 radical (unpaired) electrons. The molecule has 1 atom stereocenters. The van der Waals surface area contributed by atoms with E-state index in [9.17, 15) is 14.7 Å². The average Bonchev–Trinajstić information content (AvgIpc) is 3.00. The molecule has 3 aromatic rings. The highest BCUT2D eigenvalue weighted by Crippen LogP contribution is 2.31. The average molecular weight is 357 g/mol. The van der Waals surface area contributed by atoms with E-state index >= 15 is 0 Å². The number of nitrogens with one attached hydrogen (secondary N) is 1. The summed E-state index contributed by atoms with van der Waals surface area (Å²) in [5.41, 5.74) is 0.342. The van der Waals surface area contributed by atoms with Crippen molar-refractivity contribution in [2.45, 2.75) is 19.6 Å². The normalized spacial score (nSPS) is 16.7. The van der Waals surface area contributed by atoms with Gasteiger partial charge in [0.25, 0.3) is 5.56 Å². The first-order chi connectivity index (χ1) is 12.5. The number of hydrogen-bond donors (Lipinski definition) is 2. The molecule has 0 amide bonds. The zero-order valence-corrected chi connectivity index (χ0v) is 14.5. The van der Waals surface area contributed by atoms with E-state index in [4.69, 9.17) is 4.74 Å². The molecule has 4 rings (SSSR count). The fourth-order valence-corrected chi connectivity index (χ4v) is 3.27. The van der Waals surface area contributed by atoms with Gasteiger partial charge in [0.15, 0.2) is 11.2 Å². The lowest BCUT2D eigenvalue weighted by Crippen LogP contribution is -2.39. The molecule has 0 saturated heterocycles. The van der Waals surface area contributed by atoms with Gasteiger partial charge in [-0.1, -0.05) is 0 Å². The molecule has 0 aliphatic carbocycles. The van der Waals surface area contributed by atoms with Gasteiger partial charge in [-0.05, 0) is 31.2 Å². The molecule has 0 saturated carbocycles. The van der Waals surface area contributed by atoms with Gasteiger partial charge in [0.2, 0.25) is 5.95 Å². The van der Waals surface area contributed by atoms with Gasteiger partial charge in [0, 0.05) is 12.7 Å². The number of aliphatic hydroxyl groups is 1. The van der Waals surface area contributed by atoms with Crippen molar-refractivity contribution in [2.24, 2.45) is 7.05 Å². The quantitative estimate of drug-likeness (QED) is 0.700. The summed E-state index contributed by atoms with van der Waals surface area (Å²) in [5.74, 6) is 1.27. The third kappa shape index (κ3) is 2.48. The van der Waals surface area contributed by atoms with E-state index in [2.05, 4.69) is 9.97 Å². The number of aryl methyl sites for hydroxylation is 1. The maximum atomic E-state index is 12.3. The molecule has 9 nitrogen and oxygen atoms in total. The van der Waals surface area contributed by atoms with Gasteiger partial charge in [-0.2, -0.15) is 4.98 Å². The van der Waals surface area contributed by atoms with Crippen LogP contribution in [0.25, 0.3) is 11.2 Å². The molecule has 1 aliphatic rings.